The summed E-state index contributed by atoms with van der Waals surface area (Å²) in [7, 11) is -3.99. The van der Waals surface area contributed by atoms with E-state index in [2.05, 4.69) is 6.07 Å². The molecule has 0 atom stereocenters. The third-order valence-corrected chi connectivity index (χ3v) is 5.68. The van der Waals surface area contributed by atoms with Gasteiger partial charge in [-0.15, -0.1) is 11.3 Å². The predicted octanol–water partition coefficient (Wildman–Crippen LogP) is 3.92. The molecule has 0 spiro atoms. The number of hydrogen-bond acceptors (Lipinski definition) is 4. The van der Waals surface area contributed by atoms with Crippen LogP contribution in [-0.4, -0.2) is 8.42 Å². The third-order valence-electron chi connectivity index (χ3n) is 4.00. The fourth-order valence-corrected chi connectivity index (χ4v) is 4.66. The maximum Gasteiger partial charge on any atom is 0.380 e. The fourth-order valence-electron chi connectivity index (χ4n) is 3.02. The lowest BCUT2D eigenvalue weighted by atomic mass is 9.98. The summed E-state index contributed by atoms with van der Waals surface area (Å²) in [6.45, 7) is 0. The molecule has 0 amide bonds. The van der Waals surface area contributed by atoms with E-state index in [0.717, 1.165) is 10.1 Å². The van der Waals surface area contributed by atoms with Crippen LogP contribution in [0.5, 0.6) is 5.75 Å². The Morgan fingerprint density at radius 2 is 1.86 bits per heavy atom. The van der Waals surface area contributed by atoms with Crippen LogP contribution >= 0.6 is 11.3 Å². The van der Waals surface area contributed by atoms with E-state index >= 15 is 0 Å². The molecule has 0 bridgehead atoms. The number of rotatable bonds is 3. The molecule has 0 unspecified atom stereocenters. The van der Waals surface area contributed by atoms with Crippen molar-refractivity contribution in [2.45, 2.75) is 44.4 Å². The minimum absolute atomic E-state index is 0.325. The first-order valence-corrected chi connectivity index (χ1v) is 9.56. The van der Waals surface area contributed by atoms with E-state index in [-0.39, 0.29) is 0 Å². The van der Waals surface area contributed by atoms with Crippen LogP contribution in [0.15, 0.2) is 24.3 Å². The van der Waals surface area contributed by atoms with Gasteiger partial charge in [0.2, 0.25) is 0 Å². The van der Waals surface area contributed by atoms with Crippen LogP contribution in [0.1, 0.15) is 49.3 Å². The SMILES string of the molecule is NS(=O)(=O)Oc1cccc2sc(C3CCCCCC3)cc12. The third kappa shape index (κ3) is 3.56. The molecule has 6 heteroatoms. The van der Waals surface area contributed by atoms with Crippen LogP contribution in [0.4, 0.5) is 0 Å². The molecule has 21 heavy (non-hydrogen) atoms. The van der Waals surface area contributed by atoms with E-state index in [9.17, 15) is 8.42 Å². The minimum atomic E-state index is -3.99. The molecule has 1 saturated carbocycles. The molecule has 1 aromatic carbocycles. The molecule has 3 rings (SSSR count). The summed E-state index contributed by atoms with van der Waals surface area (Å²) in [5.41, 5.74) is 0. The average Bonchev–Trinajstić information content (AvgIpc) is 2.66. The zero-order valence-electron chi connectivity index (χ0n) is 11.7. The predicted molar refractivity (Wildman–Crippen MR) is 86.0 cm³/mol. The summed E-state index contributed by atoms with van der Waals surface area (Å²) in [5, 5.41) is 5.83. The molecular formula is C15H19NO3S2. The summed E-state index contributed by atoms with van der Waals surface area (Å²) in [6.07, 6.45) is 7.64. The van der Waals surface area contributed by atoms with Gasteiger partial charge in [-0.1, -0.05) is 31.7 Å². The molecule has 1 aliphatic rings. The highest BCUT2D eigenvalue weighted by molar-refractivity contribution is 7.84. The number of benzene rings is 1. The molecule has 114 valence electrons. The normalized spacial score (nSPS) is 17.8. The maximum atomic E-state index is 11.2. The Labute approximate surface area is 129 Å². The van der Waals surface area contributed by atoms with Crippen LogP contribution in [0, 0.1) is 0 Å². The summed E-state index contributed by atoms with van der Waals surface area (Å²) < 4.78 is 28.3. The van der Waals surface area contributed by atoms with Gasteiger partial charge in [0.25, 0.3) is 0 Å². The van der Waals surface area contributed by atoms with E-state index in [1.165, 1.54) is 43.4 Å². The van der Waals surface area contributed by atoms with Gasteiger partial charge in [0.1, 0.15) is 0 Å². The van der Waals surface area contributed by atoms with E-state index in [1.807, 2.05) is 6.07 Å². The number of hydrogen-bond donors (Lipinski definition) is 1. The second kappa shape index (κ2) is 5.94. The highest BCUT2D eigenvalue weighted by atomic mass is 32.2. The smallest absolute Gasteiger partial charge is 0.370 e. The van der Waals surface area contributed by atoms with Crippen molar-refractivity contribution in [3.63, 3.8) is 0 Å². The van der Waals surface area contributed by atoms with Crippen molar-refractivity contribution < 1.29 is 12.6 Å². The van der Waals surface area contributed by atoms with Crippen LogP contribution in [-0.2, 0) is 10.3 Å². The number of nitrogens with two attached hydrogens (primary N) is 1. The first-order chi connectivity index (χ1) is 10.0. The van der Waals surface area contributed by atoms with Gasteiger partial charge in [0, 0.05) is 15.0 Å². The Morgan fingerprint density at radius 1 is 1.14 bits per heavy atom. The molecule has 0 saturated heterocycles. The number of thiophene rings is 1. The van der Waals surface area contributed by atoms with Gasteiger partial charge in [-0.05, 0) is 37.0 Å². The molecule has 2 N–H and O–H groups in total. The highest BCUT2D eigenvalue weighted by Gasteiger charge is 2.18. The monoisotopic (exact) mass is 325 g/mol. The van der Waals surface area contributed by atoms with E-state index < -0.39 is 10.3 Å². The van der Waals surface area contributed by atoms with Gasteiger partial charge >= 0.3 is 10.3 Å². The molecule has 0 aliphatic heterocycles. The minimum Gasteiger partial charge on any atom is -0.370 e. The maximum absolute atomic E-state index is 11.2. The van der Waals surface area contributed by atoms with Crippen LogP contribution < -0.4 is 9.32 Å². The Morgan fingerprint density at radius 3 is 2.52 bits per heavy atom. The lowest BCUT2D eigenvalue weighted by Crippen LogP contribution is -2.18. The summed E-state index contributed by atoms with van der Waals surface area (Å²) >= 11 is 1.74. The van der Waals surface area contributed by atoms with Crippen molar-refractivity contribution in [3.8, 4) is 5.75 Å². The zero-order chi connectivity index (χ0) is 14.9. The number of fused-ring (bicyclic) bond motifs is 1. The lowest BCUT2D eigenvalue weighted by Gasteiger charge is -2.10. The molecule has 1 heterocycles. The molecule has 0 radical (unpaired) electrons. The second-order valence-corrected chi connectivity index (χ2v) is 7.85. The standard InChI is InChI=1S/C15H19NO3S2/c16-21(17,18)19-13-8-5-9-14-12(13)10-15(20-14)11-6-3-1-2-4-7-11/h5,8-11H,1-4,6-7H2,(H2,16,17,18). The van der Waals surface area contributed by atoms with Crippen LogP contribution in [0.25, 0.3) is 10.1 Å². The molecule has 1 aromatic heterocycles. The van der Waals surface area contributed by atoms with Crippen LogP contribution in [0.3, 0.4) is 0 Å². The van der Waals surface area contributed by atoms with Crippen molar-refractivity contribution in [3.05, 3.63) is 29.1 Å². The van der Waals surface area contributed by atoms with E-state index in [0.29, 0.717) is 11.7 Å². The van der Waals surface area contributed by atoms with Gasteiger partial charge in [0.05, 0.1) is 0 Å². The second-order valence-electron chi connectivity index (χ2n) is 5.58. The molecular weight excluding hydrogens is 306 g/mol. The van der Waals surface area contributed by atoms with E-state index in [4.69, 9.17) is 9.32 Å². The largest absolute Gasteiger partial charge is 0.380 e. The van der Waals surface area contributed by atoms with Crippen molar-refractivity contribution in [2.24, 2.45) is 5.14 Å². The average molecular weight is 325 g/mol. The molecule has 1 fully saturated rings. The van der Waals surface area contributed by atoms with Gasteiger partial charge in [-0.3, -0.25) is 0 Å². The van der Waals surface area contributed by atoms with Gasteiger partial charge < -0.3 is 4.18 Å². The van der Waals surface area contributed by atoms with Gasteiger partial charge in [-0.2, -0.15) is 13.6 Å². The van der Waals surface area contributed by atoms with Crippen molar-refractivity contribution in [1.29, 1.82) is 0 Å². The topological polar surface area (TPSA) is 69.4 Å². The van der Waals surface area contributed by atoms with E-state index in [1.54, 1.807) is 23.5 Å². The fraction of sp³-hybridized carbons (Fsp3) is 0.467. The van der Waals surface area contributed by atoms with Crippen molar-refractivity contribution >= 4 is 31.7 Å². The molecule has 4 nitrogen and oxygen atoms in total. The van der Waals surface area contributed by atoms with Crippen molar-refractivity contribution in [1.82, 2.24) is 0 Å². The lowest BCUT2D eigenvalue weighted by molar-refractivity contribution is 0.490. The Hall–Kier alpha value is -1.11. The quantitative estimate of drug-likeness (QED) is 0.870. The summed E-state index contributed by atoms with van der Waals surface area (Å²) in [6, 6.07) is 7.53. The van der Waals surface area contributed by atoms with Crippen molar-refractivity contribution in [2.75, 3.05) is 0 Å². The highest BCUT2D eigenvalue weighted by Crippen LogP contribution is 2.40. The summed E-state index contributed by atoms with van der Waals surface area (Å²) in [5.74, 6) is 0.915. The first-order valence-electron chi connectivity index (χ1n) is 7.27. The Kier molecular flexibility index (Phi) is 4.19. The Bertz CT molecular complexity index is 728. The van der Waals surface area contributed by atoms with Gasteiger partial charge in [0.15, 0.2) is 5.75 Å². The molecule has 2 aromatic rings. The first kappa shape index (κ1) is 14.8. The zero-order valence-corrected chi connectivity index (χ0v) is 13.4. The molecule has 1 aliphatic carbocycles. The van der Waals surface area contributed by atoms with Gasteiger partial charge in [-0.25, -0.2) is 0 Å². The van der Waals surface area contributed by atoms with Crippen LogP contribution in [0.2, 0.25) is 0 Å². The Balaban J connectivity index is 1.97. The summed E-state index contributed by atoms with van der Waals surface area (Å²) in [4.78, 5) is 1.33.